The van der Waals surface area contributed by atoms with Crippen molar-refractivity contribution in [2.24, 2.45) is 5.92 Å². The van der Waals surface area contributed by atoms with Crippen LogP contribution in [0.25, 0.3) is 0 Å². The Labute approximate surface area is 137 Å². The molecule has 5 heteroatoms. The summed E-state index contributed by atoms with van der Waals surface area (Å²) < 4.78 is 27.5. The van der Waals surface area contributed by atoms with Crippen LogP contribution in [-0.2, 0) is 15.6 Å². The molecule has 0 aromatic heterocycles. The van der Waals surface area contributed by atoms with Crippen molar-refractivity contribution in [1.82, 2.24) is 4.72 Å². The van der Waals surface area contributed by atoms with E-state index < -0.39 is 15.6 Å². The second kappa shape index (κ2) is 6.07. The maximum atomic E-state index is 12.4. The minimum Gasteiger partial charge on any atom is -0.383 e. The molecule has 0 saturated heterocycles. The summed E-state index contributed by atoms with van der Waals surface area (Å²) >= 11 is 0. The predicted octanol–water partition coefficient (Wildman–Crippen LogP) is 2.57. The Morgan fingerprint density at radius 1 is 1.09 bits per heavy atom. The zero-order valence-electron chi connectivity index (χ0n) is 13.1. The average molecular weight is 331 g/mol. The number of rotatable bonds is 6. The zero-order valence-corrected chi connectivity index (χ0v) is 13.9. The summed E-state index contributed by atoms with van der Waals surface area (Å²) in [6.45, 7) is 1.89. The van der Waals surface area contributed by atoms with Crippen LogP contribution in [0.4, 0.5) is 0 Å². The van der Waals surface area contributed by atoms with Crippen molar-refractivity contribution in [3.05, 3.63) is 65.7 Å². The fourth-order valence-electron chi connectivity index (χ4n) is 2.78. The summed E-state index contributed by atoms with van der Waals surface area (Å²) in [5.74, 6) is 0.102. The highest BCUT2D eigenvalue weighted by Crippen LogP contribution is 2.45. The number of sulfonamides is 1. The molecule has 0 aliphatic heterocycles. The van der Waals surface area contributed by atoms with Crippen molar-refractivity contribution in [2.45, 2.75) is 30.3 Å². The molecule has 122 valence electrons. The molecule has 1 aliphatic carbocycles. The first-order valence-electron chi connectivity index (χ1n) is 7.76. The molecule has 0 bridgehead atoms. The van der Waals surface area contributed by atoms with E-state index in [2.05, 4.69) is 4.72 Å². The van der Waals surface area contributed by atoms with Crippen LogP contribution in [0.2, 0.25) is 0 Å². The van der Waals surface area contributed by atoms with Crippen molar-refractivity contribution in [3.8, 4) is 0 Å². The molecule has 2 N–H and O–H groups in total. The first-order chi connectivity index (χ1) is 10.9. The number of aryl methyl sites for hydroxylation is 1. The van der Waals surface area contributed by atoms with Crippen LogP contribution in [0.3, 0.4) is 0 Å². The molecule has 1 saturated carbocycles. The maximum absolute atomic E-state index is 12.4. The van der Waals surface area contributed by atoms with Crippen molar-refractivity contribution in [3.63, 3.8) is 0 Å². The molecule has 1 aliphatic rings. The van der Waals surface area contributed by atoms with Gasteiger partial charge in [0.25, 0.3) is 0 Å². The van der Waals surface area contributed by atoms with Crippen LogP contribution in [0, 0.1) is 12.8 Å². The Kier molecular flexibility index (Phi) is 4.27. The minimum atomic E-state index is -3.63. The van der Waals surface area contributed by atoms with Crippen LogP contribution in [0.15, 0.2) is 59.5 Å². The summed E-state index contributed by atoms with van der Waals surface area (Å²) in [5.41, 5.74) is 0.607. The summed E-state index contributed by atoms with van der Waals surface area (Å²) in [6.07, 6.45) is 1.83. The number of benzene rings is 2. The van der Waals surface area contributed by atoms with Crippen LogP contribution >= 0.6 is 0 Å². The first-order valence-corrected chi connectivity index (χ1v) is 9.24. The lowest BCUT2D eigenvalue weighted by Crippen LogP contribution is -2.42. The molecular weight excluding hydrogens is 310 g/mol. The highest BCUT2D eigenvalue weighted by atomic mass is 32.2. The van der Waals surface area contributed by atoms with Gasteiger partial charge in [-0.1, -0.05) is 48.0 Å². The van der Waals surface area contributed by atoms with Gasteiger partial charge in [-0.2, -0.15) is 0 Å². The van der Waals surface area contributed by atoms with Crippen molar-refractivity contribution >= 4 is 10.0 Å². The number of aliphatic hydroxyl groups is 1. The van der Waals surface area contributed by atoms with Crippen LogP contribution in [0.1, 0.15) is 24.0 Å². The van der Waals surface area contributed by atoms with Gasteiger partial charge in [0.2, 0.25) is 10.0 Å². The molecule has 1 atom stereocenters. The lowest BCUT2D eigenvalue weighted by atomic mass is 9.89. The van der Waals surface area contributed by atoms with E-state index in [0.29, 0.717) is 0 Å². The van der Waals surface area contributed by atoms with Crippen molar-refractivity contribution in [1.29, 1.82) is 0 Å². The van der Waals surface area contributed by atoms with Crippen molar-refractivity contribution < 1.29 is 13.5 Å². The SMILES string of the molecule is Cc1ccc(S(=O)(=O)NCC(O)(c2ccccc2)C2CC2)cc1. The van der Waals surface area contributed by atoms with Gasteiger partial charge in [-0.05, 0) is 43.4 Å². The summed E-state index contributed by atoms with van der Waals surface area (Å²) in [7, 11) is -3.63. The number of nitrogens with one attached hydrogen (secondary N) is 1. The third kappa shape index (κ3) is 3.47. The zero-order chi connectivity index (χ0) is 16.5. The summed E-state index contributed by atoms with van der Waals surface area (Å²) in [5, 5.41) is 11.0. The van der Waals surface area contributed by atoms with E-state index in [4.69, 9.17) is 0 Å². The molecule has 1 unspecified atom stereocenters. The summed E-state index contributed by atoms with van der Waals surface area (Å²) in [6, 6.07) is 16.0. The third-order valence-electron chi connectivity index (χ3n) is 4.39. The van der Waals surface area contributed by atoms with E-state index in [-0.39, 0.29) is 17.4 Å². The predicted molar refractivity (Wildman–Crippen MR) is 89.4 cm³/mol. The molecule has 3 rings (SSSR count). The van der Waals surface area contributed by atoms with Crippen molar-refractivity contribution in [2.75, 3.05) is 6.54 Å². The first kappa shape index (κ1) is 16.2. The second-order valence-corrected chi connectivity index (χ2v) is 7.97. The molecular formula is C18H21NO3S. The van der Waals surface area contributed by atoms with Gasteiger partial charge >= 0.3 is 0 Å². The monoisotopic (exact) mass is 331 g/mol. The highest BCUT2D eigenvalue weighted by molar-refractivity contribution is 7.89. The fourth-order valence-corrected chi connectivity index (χ4v) is 3.85. The van der Waals surface area contributed by atoms with Gasteiger partial charge in [0.05, 0.1) is 4.90 Å². The Morgan fingerprint density at radius 2 is 1.70 bits per heavy atom. The average Bonchev–Trinajstić information content (AvgIpc) is 3.39. The quantitative estimate of drug-likeness (QED) is 0.855. The van der Waals surface area contributed by atoms with Gasteiger partial charge in [-0.3, -0.25) is 0 Å². The largest absolute Gasteiger partial charge is 0.383 e. The number of hydrogen-bond donors (Lipinski definition) is 2. The van der Waals surface area contributed by atoms with Crippen LogP contribution < -0.4 is 4.72 Å². The van der Waals surface area contributed by atoms with Crippen LogP contribution in [-0.4, -0.2) is 20.1 Å². The molecule has 0 amide bonds. The van der Waals surface area contributed by atoms with E-state index in [0.717, 1.165) is 24.0 Å². The van der Waals surface area contributed by atoms with E-state index >= 15 is 0 Å². The molecule has 0 radical (unpaired) electrons. The Bertz CT molecular complexity index is 768. The molecule has 0 heterocycles. The maximum Gasteiger partial charge on any atom is 0.240 e. The standard InChI is InChI=1S/C18H21NO3S/c1-14-7-11-17(12-8-14)23(21,22)19-13-18(20,16-9-10-16)15-5-3-2-4-6-15/h2-8,11-12,16,19-20H,9-10,13H2,1H3. The Morgan fingerprint density at radius 3 is 2.26 bits per heavy atom. The van der Waals surface area contributed by atoms with Gasteiger partial charge in [0, 0.05) is 6.54 Å². The normalized spacial score (nSPS) is 17.7. The van der Waals surface area contributed by atoms with Gasteiger partial charge in [0.15, 0.2) is 0 Å². The highest BCUT2D eigenvalue weighted by Gasteiger charge is 2.45. The molecule has 4 nitrogen and oxygen atoms in total. The van der Waals surface area contributed by atoms with Gasteiger partial charge in [-0.15, -0.1) is 0 Å². The van der Waals surface area contributed by atoms with Crippen LogP contribution in [0.5, 0.6) is 0 Å². The third-order valence-corrected chi connectivity index (χ3v) is 5.81. The van der Waals surface area contributed by atoms with Gasteiger partial charge in [-0.25, -0.2) is 13.1 Å². The molecule has 1 fully saturated rings. The Hall–Kier alpha value is -1.69. The van der Waals surface area contributed by atoms with Gasteiger partial charge < -0.3 is 5.11 Å². The van der Waals surface area contributed by atoms with Gasteiger partial charge in [0.1, 0.15) is 5.60 Å². The van der Waals surface area contributed by atoms with E-state index in [1.165, 1.54) is 0 Å². The molecule has 23 heavy (non-hydrogen) atoms. The topological polar surface area (TPSA) is 66.4 Å². The van der Waals surface area contributed by atoms with E-state index in [1.54, 1.807) is 24.3 Å². The lowest BCUT2D eigenvalue weighted by Gasteiger charge is -2.29. The lowest BCUT2D eigenvalue weighted by molar-refractivity contribution is 0.0185. The van der Waals surface area contributed by atoms with E-state index in [9.17, 15) is 13.5 Å². The molecule has 2 aromatic carbocycles. The smallest absolute Gasteiger partial charge is 0.240 e. The molecule has 2 aromatic rings. The fraction of sp³-hybridized carbons (Fsp3) is 0.333. The summed E-state index contributed by atoms with van der Waals surface area (Å²) in [4.78, 5) is 0.217. The minimum absolute atomic E-state index is 0.0160. The second-order valence-electron chi connectivity index (χ2n) is 6.20. The Balaban J connectivity index is 1.81. The molecule has 0 spiro atoms. The van der Waals surface area contributed by atoms with E-state index in [1.807, 2.05) is 37.3 Å². The number of hydrogen-bond acceptors (Lipinski definition) is 3.